The van der Waals surface area contributed by atoms with Crippen molar-refractivity contribution >= 4 is 43.3 Å². The molecular weight excluding hydrogens is 510 g/mol. The molecule has 0 bridgehead atoms. The molecule has 200 valence electrons. The third-order valence-corrected chi connectivity index (χ3v) is 8.82. The minimum absolute atomic E-state index is 0.241. The monoisotopic (exact) mass is 541 g/mol. The number of hydroxylamine groups is 1. The predicted octanol–water partition coefficient (Wildman–Crippen LogP) is 6.64. The second kappa shape index (κ2) is 11.7. The molecule has 3 N–H and O–H groups in total. The zero-order valence-electron chi connectivity index (χ0n) is 21.5. The number of hydrogen-bond donors (Lipinski definition) is 3. The van der Waals surface area contributed by atoms with Crippen molar-refractivity contribution in [3.05, 3.63) is 97.2 Å². The van der Waals surface area contributed by atoms with Crippen LogP contribution in [-0.2, 0) is 14.8 Å². The number of anilines is 1. The lowest BCUT2D eigenvalue weighted by atomic mass is 10.0. The third kappa shape index (κ3) is 5.97. The van der Waals surface area contributed by atoms with Crippen LogP contribution in [0.25, 0.3) is 32.8 Å². The van der Waals surface area contributed by atoms with Crippen molar-refractivity contribution in [3.8, 4) is 11.1 Å². The average Bonchev–Trinajstić information content (AvgIpc) is 3.44. The van der Waals surface area contributed by atoms with E-state index < -0.39 is 15.9 Å². The number of benzene rings is 4. The summed E-state index contributed by atoms with van der Waals surface area (Å²) < 4.78 is 29.4. The van der Waals surface area contributed by atoms with Gasteiger partial charge in [0.15, 0.2) is 0 Å². The number of nitrogens with one attached hydrogen (secondary N) is 2. The lowest BCUT2D eigenvalue weighted by molar-refractivity contribution is -0.129. The molecule has 5 rings (SSSR count). The number of sulfonamides is 1. The van der Waals surface area contributed by atoms with Crippen LogP contribution >= 0.6 is 0 Å². The molecule has 0 atom stereocenters. The average molecular weight is 542 g/mol. The fourth-order valence-corrected chi connectivity index (χ4v) is 6.38. The number of carbonyl (C=O) groups excluding carboxylic acids is 1. The number of nitrogens with zero attached hydrogens (tertiary/aromatic N) is 1. The summed E-state index contributed by atoms with van der Waals surface area (Å²) in [5.74, 6) is -0.411. The molecule has 0 fully saturated rings. The SMILES string of the molecule is O=C(CCCCCCN(c1ccc(-c2ccc3cc[nH]c3c2)cc1)S(=O)(=O)c1ccc2ccccc2c1)NO. The molecule has 1 amide bonds. The summed E-state index contributed by atoms with van der Waals surface area (Å²) in [6.45, 7) is 0.315. The maximum atomic E-state index is 13.9. The fraction of sp³-hybridized carbons (Fsp3) is 0.194. The van der Waals surface area contributed by atoms with Gasteiger partial charge in [-0.25, -0.2) is 13.9 Å². The van der Waals surface area contributed by atoms with Gasteiger partial charge in [0.05, 0.1) is 10.6 Å². The molecule has 4 aromatic carbocycles. The second-order valence-electron chi connectivity index (χ2n) is 9.61. The number of unbranched alkanes of at least 4 members (excludes halogenated alkanes) is 3. The second-order valence-corrected chi connectivity index (χ2v) is 11.5. The van der Waals surface area contributed by atoms with Crippen LogP contribution < -0.4 is 9.79 Å². The van der Waals surface area contributed by atoms with Crippen LogP contribution in [0, 0.1) is 0 Å². The molecule has 0 unspecified atom stereocenters. The number of carbonyl (C=O) groups is 1. The molecule has 0 saturated carbocycles. The van der Waals surface area contributed by atoms with E-state index in [1.165, 1.54) is 4.31 Å². The van der Waals surface area contributed by atoms with Crippen LogP contribution in [0.2, 0.25) is 0 Å². The summed E-state index contributed by atoms with van der Waals surface area (Å²) >= 11 is 0. The third-order valence-electron chi connectivity index (χ3n) is 6.99. The highest BCUT2D eigenvalue weighted by Gasteiger charge is 2.25. The normalized spacial score (nSPS) is 11.6. The van der Waals surface area contributed by atoms with E-state index in [0.717, 1.165) is 45.6 Å². The first kappa shape index (κ1) is 26.5. The van der Waals surface area contributed by atoms with Gasteiger partial charge in [0.1, 0.15) is 0 Å². The molecule has 1 heterocycles. The van der Waals surface area contributed by atoms with Crippen molar-refractivity contribution in [2.24, 2.45) is 0 Å². The Labute approximate surface area is 228 Å². The summed E-state index contributed by atoms with van der Waals surface area (Å²) in [7, 11) is -3.82. The Hall–Kier alpha value is -4.14. The number of aromatic nitrogens is 1. The van der Waals surface area contributed by atoms with Gasteiger partial charge in [-0.3, -0.25) is 14.3 Å². The zero-order valence-corrected chi connectivity index (χ0v) is 22.3. The van der Waals surface area contributed by atoms with Gasteiger partial charge < -0.3 is 4.98 Å². The molecule has 0 spiro atoms. The van der Waals surface area contributed by atoms with Gasteiger partial charge in [0.2, 0.25) is 5.91 Å². The van der Waals surface area contributed by atoms with Crippen molar-refractivity contribution in [2.75, 3.05) is 10.8 Å². The summed E-state index contributed by atoms with van der Waals surface area (Å²) in [5.41, 5.74) is 5.34. The zero-order chi connectivity index (χ0) is 27.2. The van der Waals surface area contributed by atoms with Crippen LogP contribution in [0.5, 0.6) is 0 Å². The molecule has 0 aliphatic heterocycles. The maximum Gasteiger partial charge on any atom is 0.264 e. The lowest BCUT2D eigenvalue weighted by Gasteiger charge is -2.25. The fourth-order valence-electron chi connectivity index (χ4n) is 4.84. The van der Waals surface area contributed by atoms with E-state index in [9.17, 15) is 13.2 Å². The first-order chi connectivity index (χ1) is 19.0. The molecule has 0 radical (unpaired) electrons. The predicted molar refractivity (Wildman–Crippen MR) is 155 cm³/mol. The van der Waals surface area contributed by atoms with Crippen molar-refractivity contribution in [2.45, 2.75) is 37.0 Å². The first-order valence-electron chi connectivity index (χ1n) is 13.1. The Morgan fingerprint density at radius 3 is 2.28 bits per heavy atom. The number of aromatic amines is 1. The molecule has 0 aliphatic rings. The van der Waals surface area contributed by atoms with E-state index in [2.05, 4.69) is 23.2 Å². The maximum absolute atomic E-state index is 13.9. The minimum Gasteiger partial charge on any atom is -0.361 e. The quantitative estimate of drug-likeness (QED) is 0.0991. The standard InChI is InChI=1S/C31H31N3O4S/c35-31(33-36)9-3-1-2-6-20-34(39(37,38)29-17-14-23-7-4-5-8-26(23)21-29)28-15-12-24(13-16-28)27-11-10-25-18-19-32-30(25)22-27/h4-5,7-8,10-19,21-22,32,36H,1-3,6,9,20H2,(H,33,35). The Bertz CT molecular complexity index is 1690. The topological polar surface area (TPSA) is 103 Å². The Balaban J connectivity index is 1.40. The van der Waals surface area contributed by atoms with Crippen molar-refractivity contribution in [3.63, 3.8) is 0 Å². The van der Waals surface area contributed by atoms with Gasteiger partial charge in [-0.15, -0.1) is 0 Å². The van der Waals surface area contributed by atoms with Gasteiger partial charge in [0.25, 0.3) is 10.0 Å². The Morgan fingerprint density at radius 2 is 1.49 bits per heavy atom. The van der Waals surface area contributed by atoms with Crippen LogP contribution in [0.4, 0.5) is 5.69 Å². The number of rotatable bonds is 11. The summed E-state index contributed by atoms with van der Waals surface area (Å²) in [4.78, 5) is 14.7. The molecular formula is C31H31N3O4S. The van der Waals surface area contributed by atoms with Crippen LogP contribution in [0.1, 0.15) is 32.1 Å². The summed E-state index contributed by atoms with van der Waals surface area (Å²) in [6, 6.07) is 28.8. The Morgan fingerprint density at radius 1 is 0.769 bits per heavy atom. The molecule has 5 aromatic rings. The van der Waals surface area contributed by atoms with E-state index in [-0.39, 0.29) is 11.3 Å². The molecule has 0 saturated heterocycles. The van der Waals surface area contributed by atoms with Crippen LogP contribution in [0.15, 0.2) is 102 Å². The van der Waals surface area contributed by atoms with Gasteiger partial charge in [-0.2, -0.15) is 0 Å². The number of amides is 1. The van der Waals surface area contributed by atoms with Crippen LogP contribution in [-0.4, -0.2) is 31.1 Å². The van der Waals surface area contributed by atoms with E-state index >= 15 is 0 Å². The van der Waals surface area contributed by atoms with Crippen LogP contribution in [0.3, 0.4) is 0 Å². The van der Waals surface area contributed by atoms with Gasteiger partial charge in [-0.1, -0.05) is 67.4 Å². The first-order valence-corrected chi connectivity index (χ1v) is 14.5. The number of H-pyrrole nitrogens is 1. The van der Waals surface area contributed by atoms with Crippen molar-refractivity contribution in [1.29, 1.82) is 0 Å². The van der Waals surface area contributed by atoms with Gasteiger partial charge in [0, 0.05) is 24.7 Å². The van der Waals surface area contributed by atoms with Gasteiger partial charge >= 0.3 is 0 Å². The van der Waals surface area contributed by atoms with Crippen molar-refractivity contribution < 1.29 is 18.4 Å². The highest BCUT2D eigenvalue weighted by atomic mass is 32.2. The molecule has 0 aliphatic carbocycles. The summed E-state index contributed by atoms with van der Waals surface area (Å²) in [6.07, 6.45) is 4.94. The molecule has 7 nitrogen and oxygen atoms in total. The van der Waals surface area contributed by atoms with E-state index in [0.29, 0.717) is 25.1 Å². The van der Waals surface area contributed by atoms with E-state index in [1.54, 1.807) is 17.6 Å². The van der Waals surface area contributed by atoms with Gasteiger partial charge in [-0.05, 0) is 76.5 Å². The number of hydrogen-bond acceptors (Lipinski definition) is 4. The Kier molecular flexibility index (Phi) is 7.95. The molecule has 1 aromatic heterocycles. The lowest BCUT2D eigenvalue weighted by Crippen LogP contribution is -2.32. The summed E-state index contributed by atoms with van der Waals surface area (Å²) in [5, 5.41) is 11.6. The molecule has 39 heavy (non-hydrogen) atoms. The largest absolute Gasteiger partial charge is 0.361 e. The highest BCUT2D eigenvalue weighted by molar-refractivity contribution is 7.92. The number of fused-ring (bicyclic) bond motifs is 2. The van der Waals surface area contributed by atoms with Crippen molar-refractivity contribution in [1.82, 2.24) is 10.5 Å². The molecule has 8 heteroatoms. The smallest absolute Gasteiger partial charge is 0.264 e. The minimum atomic E-state index is -3.82. The highest BCUT2D eigenvalue weighted by Crippen LogP contribution is 2.30. The van der Waals surface area contributed by atoms with E-state index in [1.807, 2.05) is 66.9 Å². The van der Waals surface area contributed by atoms with E-state index in [4.69, 9.17) is 5.21 Å².